The van der Waals surface area contributed by atoms with E-state index in [-0.39, 0.29) is 11.0 Å². The van der Waals surface area contributed by atoms with E-state index >= 15 is 0 Å². The molecule has 124 valence electrons. The van der Waals surface area contributed by atoms with Crippen molar-refractivity contribution >= 4 is 33.9 Å². The molecule has 1 aliphatic rings. The van der Waals surface area contributed by atoms with E-state index in [9.17, 15) is 5.11 Å². The topological polar surface area (TPSA) is 61.6 Å². The molecular formula is C20H18N3OS+. The van der Waals surface area contributed by atoms with Crippen LogP contribution < -0.4 is 5.73 Å². The second-order valence-electron chi connectivity index (χ2n) is 5.94. The standard InChI is InChI=1S/C20H17N3OS/c21-20-23(13-19(25-20)14-6-2-1-3-7-14)22-12-17-10-15-8-4-5-9-16(15)11-18(17)24/h1-12,19,21H,13H2,(H,22,24)/p+1. The van der Waals surface area contributed by atoms with Crippen LogP contribution in [0.25, 0.3) is 10.8 Å². The molecule has 0 saturated carbocycles. The molecule has 1 atom stereocenters. The van der Waals surface area contributed by atoms with Crippen LogP contribution in [0.15, 0.2) is 71.8 Å². The van der Waals surface area contributed by atoms with Crippen LogP contribution in [0.2, 0.25) is 0 Å². The maximum Gasteiger partial charge on any atom is 0.330 e. The predicted octanol–water partition coefficient (Wildman–Crippen LogP) is 3.69. The second-order valence-corrected chi connectivity index (χ2v) is 7.16. The molecule has 4 rings (SSSR count). The average Bonchev–Trinajstić information content (AvgIpc) is 3.01. The summed E-state index contributed by atoms with van der Waals surface area (Å²) in [6, 6.07) is 21.9. The fraction of sp³-hybridized carbons (Fsp3) is 0.100. The van der Waals surface area contributed by atoms with Crippen molar-refractivity contribution in [2.45, 2.75) is 5.25 Å². The van der Waals surface area contributed by atoms with Crippen molar-refractivity contribution in [2.24, 2.45) is 10.8 Å². The number of hydrogen-bond donors (Lipinski definition) is 2. The highest BCUT2D eigenvalue weighted by Crippen LogP contribution is 2.33. The van der Waals surface area contributed by atoms with Gasteiger partial charge in [0.2, 0.25) is 0 Å². The molecule has 0 aliphatic carbocycles. The van der Waals surface area contributed by atoms with E-state index in [1.807, 2.05) is 48.5 Å². The Bertz CT molecular complexity index is 983. The first-order chi connectivity index (χ1) is 12.2. The third-order valence-corrected chi connectivity index (χ3v) is 5.42. The molecular weight excluding hydrogens is 330 g/mol. The zero-order valence-corrected chi connectivity index (χ0v) is 14.4. The molecule has 3 aromatic carbocycles. The van der Waals surface area contributed by atoms with Gasteiger partial charge in [0.1, 0.15) is 12.3 Å². The molecule has 25 heavy (non-hydrogen) atoms. The molecule has 0 spiro atoms. The normalized spacial score (nSPS) is 17.7. The lowest BCUT2D eigenvalue weighted by molar-refractivity contribution is -0.527. The van der Waals surface area contributed by atoms with Crippen molar-refractivity contribution in [2.75, 3.05) is 6.54 Å². The molecule has 1 aliphatic heterocycles. The number of nitrogens with zero attached hydrogens (tertiary/aromatic N) is 2. The summed E-state index contributed by atoms with van der Waals surface area (Å²) in [6.07, 6.45) is 1.67. The highest BCUT2D eigenvalue weighted by Gasteiger charge is 2.29. The second kappa shape index (κ2) is 6.61. The van der Waals surface area contributed by atoms with Gasteiger partial charge in [-0.3, -0.25) is 5.73 Å². The minimum absolute atomic E-state index is 0.215. The molecule has 0 saturated heterocycles. The fourth-order valence-corrected chi connectivity index (χ4v) is 3.96. The van der Waals surface area contributed by atoms with E-state index in [4.69, 9.17) is 5.73 Å². The van der Waals surface area contributed by atoms with Gasteiger partial charge >= 0.3 is 5.17 Å². The molecule has 3 N–H and O–H groups in total. The van der Waals surface area contributed by atoms with Gasteiger partial charge in [-0.15, -0.1) is 4.68 Å². The number of thioether (sulfide) groups is 1. The van der Waals surface area contributed by atoms with Gasteiger partial charge in [-0.1, -0.05) is 59.7 Å². The van der Waals surface area contributed by atoms with Gasteiger partial charge in [0.25, 0.3) is 0 Å². The average molecular weight is 348 g/mol. The van der Waals surface area contributed by atoms with Crippen LogP contribution in [0, 0.1) is 0 Å². The Balaban J connectivity index is 1.58. The van der Waals surface area contributed by atoms with Crippen molar-refractivity contribution in [3.63, 3.8) is 0 Å². The maximum atomic E-state index is 10.2. The highest BCUT2D eigenvalue weighted by molar-refractivity contribution is 8.13. The number of phenols is 1. The Morgan fingerprint density at radius 3 is 2.48 bits per heavy atom. The zero-order chi connectivity index (χ0) is 17.2. The van der Waals surface area contributed by atoms with E-state index in [2.05, 4.69) is 17.2 Å². The first-order valence-electron chi connectivity index (χ1n) is 8.08. The lowest BCUT2D eigenvalue weighted by atomic mass is 10.1. The summed E-state index contributed by atoms with van der Waals surface area (Å²) in [7, 11) is 0. The van der Waals surface area contributed by atoms with Crippen molar-refractivity contribution in [1.29, 1.82) is 0 Å². The monoisotopic (exact) mass is 348 g/mol. The van der Waals surface area contributed by atoms with Crippen LogP contribution in [0.1, 0.15) is 16.4 Å². The van der Waals surface area contributed by atoms with Crippen LogP contribution >= 0.6 is 11.8 Å². The lowest BCUT2D eigenvalue weighted by Gasteiger charge is -2.05. The summed E-state index contributed by atoms with van der Waals surface area (Å²) in [5.74, 6) is 0.215. The Morgan fingerprint density at radius 2 is 1.72 bits per heavy atom. The molecule has 0 bridgehead atoms. The van der Waals surface area contributed by atoms with Crippen molar-refractivity contribution in [3.05, 3.63) is 77.9 Å². The number of benzene rings is 3. The van der Waals surface area contributed by atoms with E-state index in [0.717, 1.165) is 10.8 Å². The van der Waals surface area contributed by atoms with Gasteiger partial charge in [0, 0.05) is 5.56 Å². The number of aromatic hydroxyl groups is 1. The number of hydrazone groups is 1. The SMILES string of the molecule is NC1=[N+](N=Cc2cc3ccccc3cc2O)CC(c2ccccc2)S1. The first kappa shape index (κ1) is 15.7. The number of nitrogens with two attached hydrogens (primary N) is 1. The number of hydrogen-bond acceptors (Lipinski definition) is 4. The minimum Gasteiger partial charge on any atom is -0.507 e. The maximum absolute atomic E-state index is 10.2. The summed E-state index contributed by atoms with van der Waals surface area (Å²) in [4.78, 5) is 0. The van der Waals surface area contributed by atoms with Crippen LogP contribution in [-0.4, -0.2) is 27.7 Å². The van der Waals surface area contributed by atoms with Gasteiger partial charge in [-0.05, 0) is 40.2 Å². The molecule has 0 amide bonds. The van der Waals surface area contributed by atoms with Crippen LogP contribution in [0.5, 0.6) is 5.75 Å². The Kier molecular flexibility index (Phi) is 4.15. The fourth-order valence-electron chi connectivity index (χ4n) is 2.92. The quantitative estimate of drug-likeness (QED) is 0.560. The molecule has 1 unspecified atom stereocenters. The van der Waals surface area contributed by atoms with Crippen LogP contribution in [0.4, 0.5) is 0 Å². The van der Waals surface area contributed by atoms with Gasteiger partial charge in [-0.2, -0.15) is 0 Å². The summed E-state index contributed by atoms with van der Waals surface area (Å²) in [6.45, 7) is 0.714. The van der Waals surface area contributed by atoms with Gasteiger partial charge in [0.05, 0.1) is 11.5 Å². The predicted molar refractivity (Wildman–Crippen MR) is 104 cm³/mol. The highest BCUT2D eigenvalue weighted by atomic mass is 32.2. The zero-order valence-electron chi connectivity index (χ0n) is 13.5. The van der Waals surface area contributed by atoms with Gasteiger partial charge < -0.3 is 5.11 Å². The van der Waals surface area contributed by atoms with Crippen molar-refractivity contribution < 1.29 is 9.79 Å². The van der Waals surface area contributed by atoms with Crippen LogP contribution in [-0.2, 0) is 0 Å². The molecule has 5 heteroatoms. The molecule has 0 aromatic heterocycles. The Labute approximate surface area is 150 Å². The largest absolute Gasteiger partial charge is 0.507 e. The summed E-state index contributed by atoms with van der Waals surface area (Å²) in [5.41, 5.74) is 8.05. The molecule has 4 nitrogen and oxygen atoms in total. The van der Waals surface area contributed by atoms with Crippen molar-refractivity contribution in [3.8, 4) is 5.75 Å². The summed E-state index contributed by atoms with van der Waals surface area (Å²) < 4.78 is 1.79. The van der Waals surface area contributed by atoms with E-state index in [1.54, 1.807) is 28.7 Å². The molecule has 0 fully saturated rings. The summed E-state index contributed by atoms with van der Waals surface area (Å²) in [5, 5.41) is 17.7. The first-order valence-corrected chi connectivity index (χ1v) is 8.96. The lowest BCUT2D eigenvalue weighted by Crippen LogP contribution is -2.16. The number of phenolic OH excluding ortho intramolecular Hbond substituents is 1. The molecule has 1 heterocycles. The van der Waals surface area contributed by atoms with E-state index in [0.29, 0.717) is 17.3 Å². The number of amidine groups is 1. The minimum atomic E-state index is 0.215. The van der Waals surface area contributed by atoms with Gasteiger partial charge in [-0.25, -0.2) is 0 Å². The molecule has 0 radical (unpaired) electrons. The third-order valence-electron chi connectivity index (χ3n) is 4.26. The van der Waals surface area contributed by atoms with E-state index < -0.39 is 0 Å². The smallest absolute Gasteiger partial charge is 0.330 e. The Hall–Kier alpha value is -2.79. The number of fused-ring (bicyclic) bond motifs is 1. The van der Waals surface area contributed by atoms with Crippen molar-refractivity contribution in [1.82, 2.24) is 0 Å². The van der Waals surface area contributed by atoms with Gasteiger partial charge in [0.15, 0.2) is 0 Å². The molecule has 3 aromatic rings. The third kappa shape index (κ3) is 3.23. The Morgan fingerprint density at radius 1 is 1.04 bits per heavy atom. The summed E-state index contributed by atoms with van der Waals surface area (Å²) >= 11 is 1.61. The number of rotatable bonds is 3. The van der Waals surface area contributed by atoms with Crippen LogP contribution in [0.3, 0.4) is 0 Å². The van der Waals surface area contributed by atoms with E-state index in [1.165, 1.54) is 5.56 Å².